The van der Waals surface area contributed by atoms with E-state index < -0.39 is 0 Å². The molecule has 2 aromatic rings. The lowest BCUT2D eigenvalue weighted by Gasteiger charge is -2.28. The highest BCUT2D eigenvalue weighted by atomic mass is 14.7. The normalized spacial score (nSPS) is 13.5. The van der Waals surface area contributed by atoms with Gasteiger partial charge in [0.25, 0.3) is 0 Å². The summed E-state index contributed by atoms with van der Waals surface area (Å²) in [5.74, 6) is 0. The van der Waals surface area contributed by atoms with Crippen LogP contribution in [-0.2, 0) is 5.41 Å². The molecule has 0 heterocycles. The maximum Gasteiger partial charge on any atom is 0.0658 e. The average Bonchev–Trinajstić information content (AvgIpc) is 2.57. The standard InChI is InChI=1S/C24H29N/c1-7-10-19(3)22(17-25-23-12-9-8-11-20(23)4)24(5,6)21-15-13-18(2)14-16-21/h7-17H,1-6H3/b10-7-,22-19+,25-17+. The van der Waals surface area contributed by atoms with E-state index in [1.807, 2.05) is 18.3 Å². The Morgan fingerprint density at radius 1 is 0.960 bits per heavy atom. The molecule has 0 aliphatic heterocycles. The van der Waals surface area contributed by atoms with E-state index in [0.717, 1.165) is 5.69 Å². The number of nitrogens with zero attached hydrogens (tertiary/aromatic N) is 1. The van der Waals surface area contributed by atoms with Gasteiger partial charge in [-0.25, -0.2) is 0 Å². The molecule has 0 saturated heterocycles. The molecule has 0 fully saturated rings. The van der Waals surface area contributed by atoms with Crippen LogP contribution in [-0.4, -0.2) is 6.21 Å². The second kappa shape index (κ2) is 8.11. The number of benzene rings is 2. The van der Waals surface area contributed by atoms with Crippen LogP contribution < -0.4 is 0 Å². The lowest BCUT2D eigenvalue weighted by Crippen LogP contribution is -2.22. The van der Waals surface area contributed by atoms with Gasteiger partial charge in [0.1, 0.15) is 0 Å². The Labute approximate surface area is 152 Å². The van der Waals surface area contributed by atoms with Gasteiger partial charge in [0, 0.05) is 11.6 Å². The molecule has 0 radical (unpaired) electrons. The smallest absolute Gasteiger partial charge is 0.0658 e. The highest BCUT2D eigenvalue weighted by Gasteiger charge is 2.26. The molecule has 0 unspecified atom stereocenters. The Morgan fingerprint density at radius 3 is 2.20 bits per heavy atom. The molecule has 0 spiro atoms. The topological polar surface area (TPSA) is 12.4 Å². The van der Waals surface area contributed by atoms with Gasteiger partial charge in [-0.1, -0.05) is 74.0 Å². The van der Waals surface area contributed by atoms with Crippen LogP contribution in [0.5, 0.6) is 0 Å². The summed E-state index contributed by atoms with van der Waals surface area (Å²) in [6.45, 7) is 13.0. The second-order valence-electron chi connectivity index (χ2n) is 7.13. The third-order valence-corrected chi connectivity index (χ3v) is 4.74. The van der Waals surface area contributed by atoms with E-state index in [0.29, 0.717) is 0 Å². The monoisotopic (exact) mass is 331 g/mol. The maximum absolute atomic E-state index is 4.80. The predicted molar refractivity (Wildman–Crippen MR) is 111 cm³/mol. The fraction of sp³-hybridized carbons (Fsp3) is 0.292. The third-order valence-electron chi connectivity index (χ3n) is 4.74. The molecule has 130 valence electrons. The van der Waals surface area contributed by atoms with E-state index in [9.17, 15) is 0 Å². The molecular formula is C24H29N. The maximum atomic E-state index is 4.80. The molecule has 0 aromatic heterocycles. The van der Waals surface area contributed by atoms with Gasteiger partial charge in [-0.2, -0.15) is 0 Å². The van der Waals surface area contributed by atoms with Crippen LogP contribution in [0, 0.1) is 13.8 Å². The zero-order chi connectivity index (χ0) is 18.4. The fourth-order valence-electron chi connectivity index (χ4n) is 3.06. The van der Waals surface area contributed by atoms with Crippen LogP contribution >= 0.6 is 0 Å². The summed E-state index contributed by atoms with van der Waals surface area (Å²) in [5.41, 5.74) is 7.15. The molecular weight excluding hydrogens is 302 g/mol. The van der Waals surface area contributed by atoms with Crippen molar-refractivity contribution in [2.45, 2.75) is 47.0 Å². The first-order valence-electron chi connectivity index (χ1n) is 8.87. The van der Waals surface area contributed by atoms with Gasteiger partial charge in [-0.15, -0.1) is 0 Å². The summed E-state index contributed by atoms with van der Waals surface area (Å²) < 4.78 is 0. The third kappa shape index (κ3) is 4.57. The van der Waals surface area contributed by atoms with Gasteiger partial charge in [0.15, 0.2) is 0 Å². The predicted octanol–water partition coefficient (Wildman–Crippen LogP) is 6.88. The number of aryl methyl sites for hydroxylation is 2. The highest BCUT2D eigenvalue weighted by Crippen LogP contribution is 2.33. The first kappa shape index (κ1) is 18.9. The number of aliphatic imine (C=N–C) groups is 1. The van der Waals surface area contributed by atoms with Crippen LogP contribution in [0.25, 0.3) is 0 Å². The van der Waals surface area contributed by atoms with Crippen LogP contribution in [0.3, 0.4) is 0 Å². The Balaban J connectivity index is 2.52. The fourth-order valence-corrected chi connectivity index (χ4v) is 3.06. The Bertz CT molecular complexity index is 802. The Kier molecular flexibility index (Phi) is 6.14. The zero-order valence-electron chi connectivity index (χ0n) is 16.3. The van der Waals surface area contributed by atoms with Crippen molar-refractivity contribution in [2.75, 3.05) is 0 Å². The van der Waals surface area contributed by atoms with E-state index in [1.165, 1.54) is 27.8 Å². The van der Waals surface area contributed by atoms with Gasteiger partial charge in [0.05, 0.1) is 5.69 Å². The molecule has 0 bridgehead atoms. The molecule has 0 amide bonds. The van der Waals surface area contributed by atoms with Gasteiger partial charge in [0.2, 0.25) is 0 Å². The van der Waals surface area contributed by atoms with Gasteiger partial charge in [-0.3, -0.25) is 4.99 Å². The first-order chi connectivity index (χ1) is 11.9. The molecule has 1 nitrogen and oxygen atoms in total. The summed E-state index contributed by atoms with van der Waals surface area (Å²) in [6.07, 6.45) is 6.29. The molecule has 2 rings (SSSR count). The first-order valence-corrected chi connectivity index (χ1v) is 8.87. The minimum absolute atomic E-state index is 0.122. The molecule has 0 saturated carbocycles. The lowest BCUT2D eigenvalue weighted by molar-refractivity contribution is 0.645. The summed E-state index contributed by atoms with van der Waals surface area (Å²) >= 11 is 0. The number of hydrogen-bond acceptors (Lipinski definition) is 1. The molecule has 0 aliphatic carbocycles. The number of para-hydroxylation sites is 1. The van der Waals surface area contributed by atoms with Crippen molar-refractivity contribution < 1.29 is 0 Å². The average molecular weight is 332 g/mol. The second-order valence-corrected chi connectivity index (χ2v) is 7.13. The largest absolute Gasteiger partial charge is 0.256 e. The van der Waals surface area contributed by atoms with E-state index in [4.69, 9.17) is 4.99 Å². The molecule has 0 N–H and O–H groups in total. The SMILES string of the molecule is C\C=C/C(C)=C(\C=N\c1ccccc1C)C(C)(C)c1ccc(C)cc1. The summed E-state index contributed by atoms with van der Waals surface area (Å²) in [7, 11) is 0. The summed E-state index contributed by atoms with van der Waals surface area (Å²) in [6, 6.07) is 17.0. The minimum atomic E-state index is -0.122. The molecule has 25 heavy (non-hydrogen) atoms. The molecule has 2 aromatic carbocycles. The van der Waals surface area contributed by atoms with E-state index in [1.54, 1.807) is 0 Å². The van der Waals surface area contributed by atoms with Crippen molar-refractivity contribution in [2.24, 2.45) is 4.99 Å². The Morgan fingerprint density at radius 2 is 1.60 bits per heavy atom. The number of rotatable bonds is 5. The molecule has 1 heteroatoms. The van der Waals surface area contributed by atoms with E-state index >= 15 is 0 Å². The zero-order valence-corrected chi connectivity index (χ0v) is 16.3. The lowest BCUT2D eigenvalue weighted by atomic mass is 9.76. The van der Waals surface area contributed by atoms with E-state index in [2.05, 4.69) is 90.1 Å². The summed E-state index contributed by atoms with van der Waals surface area (Å²) in [5, 5.41) is 0. The number of hydrogen-bond donors (Lipinski definition) is 0. The molecule has 0 aliphatic rings. The van der Waals surface area contributed by atoms with Crippen molar-refractivity contribution >= 4 is 11.9 Å². The van der Waals surface area contributed by atoms with Crippen LogP contribution in [0.1, 0.15) is 44.4 Å². The van der Waals surface area contributed by atoms with Crippen molar-refractivity contribution in [3.63, 3.8) is 0 Å². The van der Waals surface area contributed by atoms with Crippen LogP contribution in [0.15, 0.2) is 76.8 Å². The van der Waals surface area contributed by atoms with Gasteiger partial charge >= 0.3 is 0 Å². The number of allylic oxidation sites excluding steroid dienone is 4. The highest BCUT2D eigenvalue weighted by molar-refractivity contribution is 5.86. The van der Waals surface area contributed by atoms with Crippen molar-refractivity contribution in [3.05, 3.63) is 88.5 Å². The Hall–Kier alpha value is -2.41. The van der Waals surface area contributed by atoms with Crippen molar-refractivity contribution in [1.29, 1.82) is 0 Å². The van der Waals surface area contributed by atoms with E-state index in [-0.39, 0.29) is 5.41 Å². The molecule has 0 atom stereocenters. The summed E-state index contributed by atoms with van der Waals surface area (Å²) in [4.78, 5) is 4.80. The van der Waals surface area contributed by atoms with Gasteiger partial charge < -0.3 is 0 Å². The van der Waals surface area contributed by atoms with Gasteiger partial charge in [-0.05, 0) is 56.0 Å². The quantitative estimate of drug-likeness (QED) is 0.418. The van der Waals surface area contributed by atoms with Crippen molar-refractivity contribution in [3.8, 4) is 0 Å². The van der Waals surface area contributed by atoms with Crippen LogP contribution in [0.4, 0.5) is 5.69 Å². The van der Waals surface area contributed by atoms with Crippen molar-refractivity contribution in [1.82, 2.24) is 0 Å². The van der Waals surface area contributed by atoms with Crippen LogP contribution in [0.2, 0.25) is 0 Å². The minimum Gasteiger partial charge on any atom is -0.256 e.